The van der Waals surface area contributed by atoms with Crippen LogP contribution in [0.1, 0.15) is 17.0 Å². The van der Waals surface area contributed by atoms with Gasteiger partial charge in [-0.25, -0.2) is 4.68 Å². The monoisotopic (exact) mass is 308 g/mol. The average Bonchev–Trinajstić information content (AvgIpc) is 2.75. The summed E-state index contributed by atoms with van der Waals surface area (Å²) in [6.07, 6.45) is 0. The van der Waals surface area contributed by atoms with Gasteiger partial charge in [0, 0.05) is 18.8 Å². The predicted molar refractivity (Wildman–Crippen MR) is 79.2 cm³/mol. The van der Waals surface area contributed by atoms with Gasteiger partial charge in [0.2, 0.25) is 11.2 Å². The Balaban J connectivity index is 2.02. The summed E-state index contributed by atoms with van der Waals surface area (Å²) >= 11 is 6.06. The first-order valence-corrected chi connectivity index (χ1v) is 7.21. The summed E-state index contributed by atoms with van der Waals surface area (Å²) in [6, 6.07) is 0. The van der Waals surface area contributed by atoms with Gasteiger partial charge < -0.3 is 9.64 Å². The molecule has 112 valence electrons. The van der Waals surface area contributed by atoms with Crippen LogP contribution in [0.2, 0.25) is 5.28 Å². The predicted octanol–water partition coefficient (Wildman–Crippen LogP) is 1.47. The molecule has 0 N–H and O–H groups in total. The van der Waals surface area contributed by atoms with E-state index in [-0.39, 0.29) is 5.28 Å². The number of hydrogen-bond donors (Lipinski definition) is 0. The summed E-state index contributed by atoms with van der Waals surface area (Å²) in [5.41, 5.74) is 3.08. The van der Waals surface area contributed by atoms with E-state index < -0.39 is 0 Å². The van der Waals surface area contributed by atoms with Crippen LogP contribution in [0.15, 0.2) is 0 Å². The van der Waals surface area contributed by atoms with Crippen molar-refractivity contribution in [3.05, 3.63) is 22.2 Å². The number of aryl methyl sites for hydroxylation is 1. The van der Waals surface area contributed by atoms with Crippen LogP contribution in [0.3, 0.4) is 0 Å². The molecular weight excluding hydrogens is 292 g/mol. The van der Waals surface area contributed by atoms with Gasteiger partial charge in [0.25, 0.3) is 5.95 Å². The topological polar surface area (TPSA) is 69.0 Å². The van der Waals surface area contributed by atoms with Crippen LogP contribution in [0.25, 0.3) is 5.95 Å². The van der Waals surface area contributed by atoms with E-state index in [0.717, 1.165) is 30.0 Å². The number of hydrogen-bond acceptors (Lipinski definition) is 6. The zero-order valence-corrected chi connectivity index (χ0v) is 13.1. The fourth-order valence-corrected chi connectivity index (χ4v) is 2.40. The van der Waals surface area contributed by atoms with Crippen molar-refractivity contribution in [3.63, 3.8) is 0 Å². The minimum Gasteiger partial charge on any atom is -0.378 e. The van der Waals surface area contributed by atoms with Crippen molar-refractivity contribution in [2.75, 3.05) is 31.2 Å². The number of morpholine rings is 1. The van der Waals surface area contributed by atoms with Crippen molar-refractivity contribution in [1.82, 2.24) is 24.7 Å². The van der Waals surface area contributed by atoms with Crippen LogP contribution in [-0.4, -0.2) is 51.0 Å². The molecule has 2 aromatic heterocycles. The maximum Gasteiger partial charge on any atom is 0.256 e. The number of aromatic nitrogens is 5. The van der Waals surface area contributed by atoms with Gasteiger partial charge in [-0.3, -0.25) is 0 Å². The second kappa shape index (κ2) is 5.57. The fraction of sp³-hybridized carbons (Fsp3) is 0.538. The highest BCUT2D eigenvalue weighted by Crippen LogP contribution is 2.18. The van der Waals surface area contributed by atoms with Gasteiger partial charge in [0.05, 0.1) is 18.9 Å². The van der Waals surface area contributed by atoms with Gasteiger partial charge in [0.1, 0.15) is 0 Å². The van der Waals surface area contributed by atoms with E-state index in [0.29, 0.717) is 25.1 Å². The van der Waals surface area contributed by atoms with E-state index in [2.05, 4.69) is 20.1 Å². The van der Waals surface area contributed by atoms with Gasteiger partial charge in [-0.1, -0.05) is 0 Å². The highest BCUT2D eigenvalue weighted by Gasteiger charge is 2.18. The Labute approximate surface area is 127 Å². The molecular formula is C13H17ClN6O. The largest absolute Gasteiger partial charge is 0.378 e. The lowest BCUT2D eigenvalue weighted by Crippen LogP contribution is -2.37. The molecule has 2 aromatic rings. The minimum atomic E-state index is 0.173. The third-order valence-corrected chi connectivity index (χ3v) is 3.89. The van der Waals surface area contributed by atoms with E-state index in [1.807, 2.05) is 25.7 Å². The summed E-state index contributed by atoms with van der Waals surface area (Å²) in [7, 11) is 0. The summed E-state index contributed by atoms with van der Waals surface area (Å²) in [5, 5.41) is 4.64. The number of halogens is 1. The summed E-state index contributed by atoms with van der Waals surface area (Å²) in [5.74, 6) is 1.02. The lowest BCUT2D eigenvalue weighted by Gasteiger charge is -2.26. The molecule has 1 fully saturated rings. The van der Waals surface area contributed by atoms with Gasteiger partial charge in [-0.15, -0.1) is 0 Å². The van der Waals surface area contributed by atoms with Crippen molar-refractivity contribution in [2.24, 2.45) is 0 Å². The van der Waals surface area contributed by atoms with Crippen LogP contribution in [0.4, 0.5) is 5.95 Å². The van der Waals surface area contributed by atoms with Crippen LogP contribution in [0.5, 0.6) is 0 Å². The molecule has 0 aliphatic carbocycles. The minimum absolute atomic E-state index is 0.173. The first-order valence-electron chi connectivity index (χ1n) is 6.83. The van der Waals surface area contributed by atoms with Gasteiger partial charge in [0.15, 0.2) is 0 Å². The van der Waals surface area contributed by atoms with E-state index in [1.54, 1.807) is 4.68 Å². The molecule has 21 heavy (non-hydrogen) atoms. The molecule has 0 unspecified atom stereocenters. The molecule has 0 aromatic carbocycles. The zero-order chi connectivity index (χ0) is 15.0. The second-order valence-corrected chi connectivity index (χ2v) is 5.35. The van der Waals surface area contributed by atoms with Crippen LogP contribution >= 0.6 is 11.6 Å². The molecule has 0 bridgehead atoms. The number of rotatable bonds is 2. The highest BCUT2D eigenvalue weighted by molar-refractivity contribution is 6.28. The summed E-state index contributed by atoms with van der Waals surface area (Å²) in [4.78, 5) is 15.0. The number of ether oxygens (including phenoxy) is 1. The molecule has 0 saturated carbocycles. The van der Waals surface area contributed by atoms with Crippen LogP contribution in [0, 0.1) is 20.8 Å². The molecule has 1 saturated heterocycles. The summed E-state index contributed by atoms with van der Waals surface area (Å²) in [6.45, 7) is 8.80. The molecule has 0 radical (unpaired) electrons. The van der Waals surface area contributed by atoms with Crippen LogP contribution in [-0.2, 0) is 4.74 Å². The van der Waals surface area contributed by atoms with Gasteiger partial charge in [-0.2, -0.15) is 20.1 Å². The first kappa shape index (κ1) is 14.2. The smallest absolute Gasteiger partial charge is 0.256 e. The van der Waals surface area contributed by atoms with Crippen molar-refractivity contribution in [3.8, 4) is 5.95 Å². The first-order chi connectivity index (χ1) is 10.1. The Morgan fingerprint density at radius 3 is 2.29 bits per heavy atom. The summed E-state index contributed by atoms with van der Waals surface area (Å²) < 4.78 is 7.05. The van der Waals surface area contributed by atoms with E-state index >= 15 is 0 Å². The van der Waals surface area contributed by atoms with Gasteiger partial charge >= 0.3 is 0 Å². The van der Waals surface area contributed by atoms with Gasteiger partial charge in [-0.05, 0) is 37.9 Å². The Kier molecular flexibility index (Phi) is 3.77. The maximum absolute atomic E-state index is 6.06. The molecule has 3 heterocycles. The molecule has 8 heteroatoms. The highest BCUT2D eigenvalue weighted by atomic mass is 35.5. The van der Waals surface area contributed by atoms with Crippen molar-refractivity contribution >= 4 is 17.5 Å². The lowest BCUT2D eigenvalue weighted by atomic mass is 10.2. The Bertz CT molecular complexity index is 665. The molecule has 0 spiro atoms. The second-order valence-electron chi connectivity index (χ2n) is 5.01. The molecule has 1 aliphatic heterocycles. The SMILES string of the molecule is Cc1nn(-c2nc(Cl)nc(N3CCOCC3)n2)c(C)c1C. The van der Waals surface area contributed by atoms with E-state index in [9.17, 15) is 0 Å². The van der Waals surface area contributed by atoms with E-state index in [1.165, 1.54) is 0 Å². The Morgan fingerprint density at radius 2 is 1.67 bits per heavy atom. The number of anilines is 1. The normalized spacial score (nSPS) is 15.5. The molecule has 3 rings (SSSR count). The average molecular weight is 309 g/mol. The van der Waals surface area contributed by atoms with Crippen molar-refractivity contribution < 1.29 is 4.74 Å². The molecule has 7 nitrogen and oxygen atoms in total. The Morgan fingerprint density at radius 1 is 1.00 bits per heavy atom. The molecule has 1 aliphatic rings. The van der Waals surface area contributed by atoms with E-state index in [4.69, 9.17) is 16.3 Å². The lowest BCUT2D eigenvalue weighted by molar-refractivity contribution is 0.122. The van der Waals surface area contributed by atoms with Crippen molar-refractivity contribution in [1.29, 1.82) is 0 Å². The fourth-order valence-electron chi connectivity index (χ4n) is 2.24. The maximum atomic E-state index is 6.06. The van der Waals surface area contributed by atoms with Crippen LogP contribution < -0.4 is 4.90 Å². The quantitative estimate of drug-likeness (QED) is 0.837. The standard InChI is InChI=1S/C13H17ClN6O/c1-8-9(2)18-20(10(8)3)13-16-11(14)15-12(17-13)19-4-6-21-7-5-19/h4-7H2,1-3H3. The third-order valence-electron chi connectivity index (χ3n) is 3.72. The Hall–Kier alpha value is -1.73. The molecule has 0 atom stereocenters. The third kappa shape index (κ3) is 2.71. The number of nitrogens with zero attached hydrogens (tertiary/aromatic N) is 6. The molecule has 0 amide bonds. The van der Waals surface area contributed by atoms with Crippen molar-refractivity contribution in [2.45, 2.75) is 20.8 Å². The zero-order valence-electron chi connectivity index (χ0n) is 12.3.